The van der Waals surface area contributed by atoms with Crippen molar-refractivity contribution >= 4 is 11.9 Å². The third kappa shape index (κ3) is 5.25. The molecule has 0 spiro atoms. The molecule has 1 fully saturated rings. The van der Waals surface area contributed by atoms with Crippen LogP contribution in [-0.2, 0) is 10.9 Å². The van der Waals surface area contributed by atoms with Crippen molar-refractivity contribution in [2.75, 3.05) is 27.4 Å². The molecule has 10 heteroatoms. The number of nitrogens with one attached hydrogen (secondary N) is 1. The molecule has 2 N–H and O–H groups in total. The van der Waals surface area contributed by atoms with Gasteiger partial charge in [0, 0.05) is 26.3 Å². The first kappa shape index (κ1) is 20.8. The summed E-state index contributed by atoms with van der Waals surface area (Å²) in [6, 6.07) is 0.343. The second kappa shape index (κ2) is 8.47. The molecule has 0 aromatic heterocycles. The number of benzene rings is 1. The Morgan fingerprint density at radius 1 is 1.30 bits per heavy atom. The van der Waals surface area contributed by atoms with Crippen molar-refractivity contribution in [3.05, 3.63) is 23.3 Å². The predicted octanol–water partition coefficient (Wildman–Crippen LogP) is 2.77. The van der Waals surface area contributed by atoms with Crippen LogP contribution in [-0.4, -0.2) is 55.4 Å². The van der Waals surface area contributed by atoms with Crippen LogP contribution >= 0.6 is 0 Å². The van der Waals surface area contributed by atoms with E-state index in [0.29, 0.717) is 17.0 Å². The lowest BCUT2D eigenvalue weighted by Gasteiger charge is -2.23. The number of ether oxygens (including phenoxy) is 2. The van der Waals surface area contributed by atoms with Gasteiger partial charge >= 0.3 is 12.2 Å². The molecule has 0 saturated heterocycles. The number of halogens is 3. The molecule has 1 aromatic rings. The number of hydrogen-bond acceptors (Lipinski definition) is 5. The molecule has 150 valence electrons. The summed E-state index contributed by atoms with van der Waals surface area (Å²) < 4.78 is 49.8. The number of nitrogens with zero attached hydrogens (tertiary/aromatic N) is 1. The zero-order valence-electron chi connectivity index (χ0n) is 14.9. The maximum absolute atomic E-state index is 13.4. The van der Waals surface area contributed by atoms with Crippen molar-refractivity contribution in [3.8, 4) is 11.5 Å². The van der Waals surface area contributed by atoms with E-state index in [2.05, 4.69) is 5.32 Å². The first-order chi connectivity index (χ1) is 12.7. The second-order valence-corrected chi connectivity index (χ2v) is 6.09. The fourth-order valence-corrected chi connectivity index (χ4v) is 2.43. The van der Waals surface area contributed by atoms with E-state index in [9.17, 15) is 27.9 Å². The van der Waals surface area contributed by atoms with Gasteiger partial charge in [0.25, 0.3) is 5.91 Å². The molecule has 1 saturated carbocycles. The Morgan fingerprint density at radius 3 is 2.48 bits per heavy atom. The number of imide groups is 1. The maximum atomic E-state index is 13.4. The minimum absolute atomic E-state index is 0.0819. The molecule has 1 aliphatic carbocycles. The number of urea groups is 1. The Labute approximate surface area is 154 Å². The van der Waals surface area contributed by atoms with Gasteiger partial charge in [0.05, 0.1) is 18.2 Å². The summed E-state index contributed by atoms with van der Waals surface area (Å²) in [4.78, 5) is 25.8. The van der Waals surface area contributed by atoms with Crippen LogP contribution in [0.4, 0.5) is 18.0 Å². The van der Waals surface area contributed by atoms with Crippen molar-refractivity contribution < 1.29 is 37.3 Å². The van der Waals surface area contributed by atoms with Gasteiger partial charge in [-0.25, -0.2) is 4.79 Å². The number of rotatable bonds is 7. The summed E-state index contributed by atoms with van der Waals surface area (Å²) in [6.45, 7) is 0.0930. The van der Waals surface area contributed by atoms with Gasteiger partial charge in [0.2, 0.25) is 0 Å². The molecule has 0 aliphatic heterocycles. The van der Waals surface area contributed by atoms with Gasteiger partial charge < -0.3 is 19.9 Å². The summed E-state index contributed by atoms with van der Waals surface area (Å²) in [5.41, 5.74) is -2.12. The van der Waals surface area contributed by atoms with Crippen LogP contribution in [0.3, 0.4) is 0 Å². The Balaban J connectivity index is 2.39. The average molecular weight is 390 g/mol. The predicted molar refractivity (Wildman–Crippen MR) is 88.7 cm³/mol. The number of hydrogen-bond donors (Lipinski definition) is 2. The maximum Gasteiger partial charge on any atom is 0.417 e. The lowest BCUT2D eigenvalue weighted by atomic mass is 10.0. The largest absolute Gasteiger partial charge is 0.504 e. The number of phenolic OH excluding ortho intramolecular Hbond substituents is 1. The SMILES string of the molecule is COCCCN(C(=O)NC1CC1)C(=O)c1cc(O)c(OC)cc1C(F)(F)F. The highest BCUT2D eigenvalue weighted by molar-refractivity contribution is 6.05. The molecule has 1 aromatic carbocycles. The van der Waals surface area contributed by atoms with E-state index in [1.54, 1.807) is 0 Å². The van der Waals surface area contributed by atoms with E-state index in [1.807, 2.05) is 0 Å². The Bertz CT molecular complexity index is 705. The zero-order chi connectivity index (χ0) is 20.2. The summed E-state index contributed by atoms with van der Waals surface area (Å²) in [5, 5.41) is 12.4. The van der Waals surface area contributed by atoms with E-state index in [4.69, 9.17) is 9.47 Å². The Kier molecular flexibility index (Phi) is 6.53. The van der Waals surface area contributed by atoms with E-state index < -0.39 is 40.7 Å². The minimum Gasteiger partial charge on any atom is -0.504 e. The van der Waals surface area contributed by atoms with E-state index in [1.165, 1.54) is 7.11 Å². The molecule has 0 bridgehead atoms. The molecule has 1 aliphatic rings. The Hall–Kier alpha value is -2.49. The highest BCUT2D eigenvalue weighted by atomic mass is 19.4. The van der Waals surface area contributed by atoms with Crippen LogP contribution < -0.4 is 10.1 Å². The van der Waals surface area contributed by atoms with Crippen LogP contribution in [0.15, 0.2) is 12.1 Å². The average Bonchev–Trinajstić information content (AvgIpc) is 3.40. The van der Waals surface area contributed by atoms with Gasteiger partial charge in [-0.3, -0.25) is 9.69 Å². The number of carbonyl (C=O) groups is 2. The molecular formula is C17H21F3N2O5. The summed E-state index contributed by atoms with van der Waals surface area (Å²) >= 11 is 0. The number of phenols is 1. The van der Waals surface area contributed by atoms with Gasteiger partial charge in [0.15, 0.2) is 11.5 Å². The van der Waals surface area contributed by atoms with Crippen LogP contribution in [0.2, 0.25) is 0 Å². The van der Waals surface area contributed by atoms with Crippen molar-refractivity contribution in [1.29, 1.82) is 0 Å². The van der Waals surface area contributed by atoms with Crippen molar-refractivity contribution in [2.24, 2.45) is 0 Å². The van der Waals surface area contributed by atoms with Crippen LogP contribution in [0.1, 0.15) is 35.2 Å². The minimum atomic E-state index is -4.88. The van der Waals surface area contributed by atoms with Gasteiger partial charge in [-0.1, -0.05) is 0 Å². The number of methoxy groups -OCH3 is 2. The van der Waals surface area contributed by atoms with E-state index in [0.717, 1.165) is 20.0 Å². The highest BCUT2D eigenvalue weighted by Gasteiger charge is 2.39. The topological polar surface area (TPSA) is 88.1 Å². The molecule has 7 nitrogen and oxygen atoms in total. The lowest BCUT2D eigenvalue weighted by molar-refractivity contribution is -0.138. The molecule has 0 atom stereocenters. The summed E-state index contributed by atoms with van der Waals surface area (Å²) in [6.07, 6.45) is -3.12. The van der Waals surface area contributed by atoms with Gasteiger partial charge in [0.1, 0.15) is 0 Å². The molecule has 0 radical (unpaired) electrons. The number of aromatic hydroxyl groups is 1. The van der Waals surface area contributed by atoms with Gasteiger partial charge in [-0.05, 0) is 31.4 Å². The Morgan fingerprint density at radius 2 is 1.96 bits per heavy atom. The van der Waals surface area contributed by atoms with Crippen LogP contribution in [0.5, 0.6) is 11.5 Å². The highest BCUT2D eigenvalue weighted by Crippen LogP contribution is 2.39. The van der Waals surface area contributed by atoms with Crippen LogP contribution in [0.25, 0.3) is 0 Å². The first-order valence-electron chi connectivity index (χ1n) is 8.28. The van der Waals surface area contributed by atoms with Gasteiger partial charge in [-0.15, -0.1) is 0 Å². The van der Waals surface area contributed by atoms with Crippen molar-refractivity contribution in [1.82, 2.24) is 10.2 Å². The van der Waals surface area contributed by atoms with E-state index >= 15 is 0 Å². The van der Waals surface area contributed by atoms with E-state index in [-0.39, 0.29) is 25.6 Å². The number of amides is 3. The van der Waals surface area contributed by atoms with Crippen molar-refractivity contribution in [2.45, 2.75) is 31.5 Å². The molecule has 0 unspecified atom stereocenters. The fourth-order valence-electron chi connectivity index (χ4n) is 2.43. The fraction of sp³-hybridized carbons (Fsp3) is 0.529. The molecule has 0 heterocycles. The molecule has 27 heavy (non-hydrogen) atoms. The standard InChI is InChI=1S/C17H21F3N2O5/c1-26-7-3-6-22(16(25)21-10-4-5-10)15(24)11-8-13(23)14(27-2)9-12(11)17(18,19)20/h8-10,23H,3-7H2,1-2H3,(H,21,25). The lowest BCUT2D eigenvalue weighted by Crippen LogP contribution is -2.45. The number of carbonyl (C=O) groups excluding carboxylic acids is 2. The third-order valence-corrected chi connectivity index (χ3v) is 3.98. The normalized spacial score (nSPS) is 14.0. The first-order valence-corrected chi connectivity index (χ1v) is 8.28. The third-order valence-electron chi connectivity index (χ3n) is 3.98. The molecule has 3 amide bonds. The summed E-state index contributed by atoms with van der Waals surface area (Å²) in [7, 11) is 2.52. The molecular weight excluding hydrogens is 369 g/mol. The second-order valence-electron chi connectivity index (χ2n) is 6.09. The zero-order valence-corrected chi connectivity index (χ0v) is 14.9. The van der Waals surface area contributed by atoms with Crippen LogP contribution in [0, 0.1) is 0 Å². The smallest absolute Gasteiger partial charge is 0.417 e. The monoisotopic (exact) mass is 390 g/mol. The summed E-state index contributed by atoms with van der Waals surface area (Å²) in [5.74, 6) is -2.21. The van der Waals surface area contributed by atoms with Gasteiger partial charge in [-0.2, -0.15) is 13.2 Å². The number of alkyl halides is 3. The molecule has 2 rings (SSSR count). The quantitative estimate of drug-likeness (QED) is 0.699. The van der Waals surface area contributed by atoms with Crippen molar-refractivity contribution in [3.63, 3.8) is 0 Å².